The summed E-state index contributed by atoms with van der Waals surface area (Å²) in [5.74, 6) is 0. The van der Waals surface area contributed by atoms with E-state index in [2.05, 4.69) is 48.7 Å². The predicted molar refractivity (Wildman–Crippen MR) is 83.0 cm³/mol. The van der Waals surface area contributed by atoms with Crippen LogP contribution in [0.15, 0.2) is 30.6 Å². The second kappa shape index (κ2) is 5.70. The quantitative estimate of drug-likeness (QED) is 0.910. The van der Waals surface area contributed by atoms with Crippen molar-refractivity contribution in [1.82, 2.24) is 9.78 Å². The van der Waals surface area contributed by atoms with E-state index in [4.69, 9.17) is 0 Å². The van der Waals surface area contributed by atoms with Crippen LogP contribution in [0, 0.1) is 0 Å². The van der Waals surface area contributed by atoms with Crippen molar-refractivity contribution in [3.8, 4) is 0 Å². The number of nitrogens with one attached hydrogen (secondary N) is 1. The first kappa shape index (κ1) is 13.2. The van der Waals surface area contributed by atoms with Gasteiger partial charge >= 0.3 is 0 Å². The van der Waals surface area contributed by atoms with Gasteiger partial charge in [-0.25, -0.2) is 0 Å². The molecule has 2 aromatic rings. The molecule has 1 aliphatic carbocycles. The number of aryl methyl sites for hydroxylation is 2. The monoisotopic (exact) mass is 269 g/mol. The molecule has 1 aromatic heterocycles. The Hall–Kier alpha value is -1.77. The van der Waals surface area contributed by atoms with Crippen LogP contribution in [-0.4, -0.2) is 9.78 Å². The summed E-state index contributed by atoms with van der Waals surface area (Å²) < 4.78 is 1.98. The zero-order chi connectivity index (χ0) is 13.9. The molecule has 0 amide bonds. The van der Waals surface area contributed by atoms with Crippen LogP contribution in [-0.2, 0) is 19.4 Å². The Morgan fingerprint density at radius 3 is 2.95 bits per heavy atom. The van der Waals surface area contributed by atoms with Gasteiger partial charge in [-0.15, -0.1) is 0 Å². The van der Waals surface area contributed by atoms with Gasteiger partial charge < -0.3 is 5.32 Å². The number of nitrogens with zero attached hydrogens (tertiary/aromatic N) is 2. The molecule has 20 heavy (non-hydrogen) atoms. The van der Waals surface area contributed by atoms with E-state index in [9.17, 15) is 0 Å². The first-order valence-electron chi connectivity index (χ1n) is 7.67. The minimum Gasteiger partial charge on any atom is -0.378 e. The van der Waals surface area contributed by atoms with E-state index in [-0.39, 0.29) is 0 Å². The van der Waals surface area contributed by atoms with Crippen molar-refractivity contribution in [2.24, 2.45) is 0 Å². The largest absolute Gasteiger partial charge is 0.378 e. The van der Waals surface area contributed by atoms with Gasteiger partial charge in [0.1, 0.15) is 0 Å². The number of fused-ring (bicyclic) bond motifs is 1. The molecule has 1 atom stereocenters. The lowest BCUT2D eigenvalue weighted by Gasteiger charge is -2.22. The van der Waals surface area contributed by atoms with Crippen LogP contribution < -0.4 is 5.32 Å². The molecule has 3 nitrogen and oxygen atoms in total. The summed E-state index contributed by atoms with van der Waals surface area (Å²) in [7, 11) is 0. The zero-order valence-corrected chi connectivity index (χ0v) is 12.4. The highest BCUT2D eigenvalue weighted by Gasteiger charge is 2.15. The van der Waals surface area contributed by atoms with Crippen LogP contribution in [0.3, 0.4) is 0 Å². The predicted octanol–water partition coefficient (Wildman–Crippen LogP) is 3.95. The van der Waals surface area contributed by atoms with E-state index < -0.39 is 0 Å². The minimum atomic E-state index is 0.295. The average Bonchev–Trinajstić information content (AvgIpc) is 2.97. The molecule has 0 saturated heterocycles. The molecular formula is C17H23N3. The molecule has 1 unspecified atom stereocenters. The number of aromatic nitrogens is 2. The van der Waals surface area contributed by atoms with Crippen molar-refractivity contribution in [3.63, 3.8) is 0 Å². The number of benzene rings is 1. The Balaban J connectivity index is 1.80. The molecule has 106 valence electrons. The van der Waals surface area contributed by atoms with Crippen molar-refractivity contribution in [2.45, 2.75) is 52.1 Å². The fourth-order valence-corrected chi connectivity index (χ4v) is 3.01. The third-order valence-corrected chi connectivity index (χ3v) is 4.25. The van der Waals surface area contributed by atoms with Gasteiger partial charge in [-0.1, -0.05) is 12.1 Å². The summed E-state index contributed by atoms with van der Waals surface area (Å²) in [6.45, 7) is 5.25. The third kappa shape index (κ3) is 2.58. The standard InChI is InChI=1S/C17H23N3/c1-3-20-12-15(11-18-20)13(2)19-17-10-6-8-14-7-4-5-9-16(14)17/h6,8,10-13,19H,3-5,7,9H2,1-2H3. The molecule has 3 rings (SSSR count). The normalized spacial score (nSPS) is 15.7. The number of hydrogen-bond donors (Lipinski definition) is 1. The smallest absolute Gasteiger partial charge is 0.0542 e. The van der Waals surface area contributed by atoms with Gasteiger partial charge in [0.05, 0.1) is 12.2 Å². The Morgan fingerprint density at radius 1 is 1.30 bits per heavy atom. The second-order valence-corrected chi connectivity index (χ2v) is 5.65. The first-order chi connectivity index (χ1) is 9.78. The molecular weight excluding hydrogens is 246 g/mol. The molecule has 0 aliphatic heterocycles. The molecule has 0 fully saturated rings. The van der Waals surface area contributed by atoms with E-state index in [1.165, 1.54) is 48.1 Å². The number of rotatable bonds is 4. The van der Waals surface area contributed by atoms with Gasteiger partial charge in [0, 0.05) is 24.0 Å². The highest BCUT2D eigenvalue weighted by Crippen LogP contribution is 2.30. The van der Waals surface area contributed by atoms with Crippen LogP contribution in [0.4, 0.5) is 5.69 Å². The lowest BCUT2D eigenvalue weighted by molar-refractivity contribution is 0.658. The maximum absolute atomic E-state index is 4.36. The summed E-state index contributed by atoms with van der Waals surface area (Å²) in [6, 6.07) is 6.96. The van der Waals surface area contributed by atoms with Gasteiger partial charge in [-0.05, 0) is 56.7 Å². The van der Waals surface area contributed by atoms with E-state index >= 15 is 0 Å². The molecule has 3 heteroatoms. The molecule has 0 bridgehead atoms. The SMILES string of the molecule is CCn1cc(C(C)Nc2cccc3c2CCCC3)cn1. The first-order valence-corrected chi connectivity index (χ1v) is 7.67. The van der Waals surface area contributed by atoms with Crippen molar-refractivity contribution in [3.05, 3.63) is 47.3 Å². The molecule has 0 saturated carbocycles. The molecule has 1 heterocycles. The Bertz CT molecular complexity index is 586. The zero-order valence-electron chi connectivity index (χ0n) is 12.4. The van der Waals surface area contributed by atoms with E-state index in [1.807, 2.05) is 10.9 Å². The molecule has 1 N–H and O–H groups in total. The maximum Gasteiger partial charge on any atom is 0.0542 e. The van der Waals surface area contributed by atoms with Crippen LogP contribution >= 0.6 is 0 Å². The fraction of sp³-hybridized carbons (Fsp3) is 0.471. The van der Waals surface area contributed by atoms with Crippen LogP contribution in [0.2, 0.25) is 0 Å². The van der Waals surface area contributed by atoms with Gasteiger partial charge in [0.2, 0.25) is 0 Å². The Labute approximate surface area is 121 Å². The van der Waals surface area contributed by atoms with Crippen molar-refractivity contribution < 1.29 is 0 Å². The van der Waals surface area contributed by atoms with E-state index in [0.29, 0.717) is 6.04 Å². The summed E-state index contributed by atoms with van der Waals surface area (Å²) in [5.41, 5.74) is 5.60. The van der Waals surface area contributed by atoms with Gasteiger partial charge in [-0.3, -0.25) is 4.68 Å². The lowest BCUT2D eigenvalue weighted by Crippen LogP contribution is -2.11. The summed E-state index contributed by atoms with van der Waals surface area (Å²) in [4.78, 5) is 0. The fourth-order valence-electron chi connectivity index (χ4n) is 3.01. The van der Waals surface area contributed by atoms with Gasteiger partial charge in [0.15, 0.2) is 0 Å². The molecule has 0 radical (unpaired) electrons. The van der Waals surface area contributed by atoms with Crippen molar-refractivity contribution in [2.75, 3.05) is 5.32 Å². The van der Waals surface area contributed by atoms with Gasteiger partial charge in [-0.2, -0.15) is 5.10 Å². The van der Waals surface area contributed by atoms with Crippen LogP contribution in [0.25, 0.3) is 0 Å². The average molecular weight is 269 g/mol. The summed E-state index contributed by atoms with van der Waals surface area (Å²) in [6.07, 6.45) is 9.18. The minimum absolute atomic E-state index is 0.295. The molecule has 1 aliphatic rings. The highest BCUT2D eigenvalue weighted by molar-refractivity contribution is 5.56. The Kier molecular flexibility index (Phi) is 3.77. The summed E-state index contributed by atoms with van der Waals surface area (Å²) in [5, 5.41) is 8.03. The topological polar surface area (TPSA) is 29.9 Å². The highest BCUT2D eigenvalue weighted by atomic mass is 15.3. The summed E-state index contributed by atoms with van der Waals surface area (Å²) >= 11 is 0. The maximum atomic E-state index is 4.36. The van der Waals surface area contributed by atoms with Crippen molar-refractivity contribution >= 4 is 5.69 Å². The van der Waals surface area contributed by atoms with Gasteiger partial charge in [0.25, 0.3) is 0 Å². The van der Waals surface area contributed by atoms with E-state index in [1.54, 1.807) is 0 Å². The third-order valence-electron chi connectivity index (χ3n) is 4.25. The number of anilines is 1. The van der Waals surface area contributed by atoms with E-state index in [0.717, 1.165) is 6.54 Å². The number of hydrogen-bond acceptors (Lipinski definition) is 2. The lowest BCUT2D eigenvalue weighted by atomic mass is 9.90. The van der Waals surface area contributed by atoms with Crippen molar-refractivity contribution in [1.29, 1.82) is 0 Å². The molecule has 1 aromatic carbocycles. The second-order valence-electron chi connectivity index (χ2n) is 5.65. The molecule has 0 spiro atoms. The Morgan fingerprint density at radius 2 is 2.15 bits per heavy atom. The van der Waals surface area contributed by atoms with Crippen LogP contribution in [0.5, 0.6) is 0 Å². The van der Waals surface area contributed by atoms with Crippen LogP contribution in [0.1, 0.15) is 49.4 Å².